The normalized spacial score (nSPS) is 6.06. The van der Waals surface area contributed by atoms with Gasteiger partial charge in [0.2, 0.25) is 0 Å². The van der Waals surface area contributed by atoms with E-state index in [1.807, 2.05) is 24.6 Å². The zero-order chi connectivity index (χ0) is 13.2. The first-order valence-corrected chi connectivity index (χ1v) is 4.03. The molecule has 0 aliphatic carbocycles. The van der Waals surface area contributed by atoms with Gasteiger partial charge in [0, 0.05) is 16.8 Å². The molecule has 0 fully saturated rings. The summed E-state index contributed by atoms with van der Waals surface area (Å²) in [5.41, 5.74) is 1.34. The van der Waals surface area contributed by atoms with Crippen LogP contribution in [0.25, 0.3) is 0 Å². The Hall–Kier alpha value is -1.05. The van der Waals surface area contributed by atoms with Gasteiger partial charge in [-0.15, -0.1) is 0 Å². The van der Waals surface area contributed by atoms with Crippen LogP contribution in [0.15, 0.2) is 30.3 Å². The van der Waals surface area contributed by atoms with E-state index in [1.54, 1.807) is 0 Å². The Kier molecular flexibility index (Phi) is 43.1. The number of rotatable bonds is 3. The summed E-state index contributed by atoms with van der Waals surface area (Å²) < 4.78 is 22.5. The third-order valence-electron chi connectivity index (χ3n) is 1.36. The van der Waals surface area contributed by atoms with Crippen molar-refractivity contribution in [3.63, 3.8) is 0 Å². The molecule has 0 spiro atoms. The Bertz CT molecular complexity index is 263. The maximum Gasteiger partial charge on any atom is 0 e. The fourth-order valence-electron chi connectivity index (χ4n) is 0.834. The van der Waals surface area contributed by atoms with Gasteiger partial charge < -0.3 is 0 Å². The Morgan fingerprint density at radius 2 is 1.35 bits per heavy atom. The van der Waals surface area contributed by atoms with E-state index >= 15 is 0 Å². The van der Waals surface area contributed by atoms with Crippen LogP contribution in [0, 0.1) is 39.7 Å². The second-order valence-electron chi connectivity index (χ2n) is 2.16. The SMILES string of the molecule is [C-]#[O+].[C-]#[O+].[C-]#[O+].[CH2][CH][CH]Cc1ccccc1.[Co]. The zero-order valence-electron chi connectivity index (χ0n) is 9.01. The fourth-order valence-corrected chi connectivity index (χ4v) is 0.834. The molecule has 1 aromatic rings. The van der Waals surface area contributed by atoms with Crippen LogP contribution in [0.3, 0.4) is 0 Å². The molecule has 0 N–H and O–H groups in total. The van der Waals surface area contributed by atoms with Gasteiger partial charge in [0.25, 0.3) is 0 Å². The van der Waals surface area contributed by atoms with Crippen molar-refractivity contribution >= 4 is 0 Å². The van der Waals surface area contributed by atoms with Crippen LogP contribution in [0.2, 0.25) is 0 Å². The standard InChI is InChI=1S/C10H11.3CO.Co/c1-2-3-7-10-8-5-4-6-9-10;3*1-2;/h2-6,8-9H,1,7H2;;;;. The van der Waals surface area contributed by atoms with Crippen molar-refractivity contribution in [1.29, 1.82) is 0 Å². The second-order valence-corrected chi connectivity index (χ2v) is 2.16. The molecule has 0 heterocycles. The minimum atomic E-state index is 0. The molecule has 1 rings (SSSR count). The van der Waals surface area contributed by atoms with E-state index in [2.05, 4.69) is 45.4 Å². The summed E-state index contributed by atoms with van der Waals surface area (Å²) in [6, 6.07) is 10.3. The Balaban J connectivity index is -0.000000106. The van der Waals surface area contributed by atoms with E-state index in [9.17, 15) is 0 Å². The molecule has 0 amide bonds. The van der Waals surface area contributed by atoms with Crippen LogP contribution in [-0.4, -0.2) is 0 Å². The first-order chi connectivity index (χ1) is 7.93. The third kappa shape index (κ3) is 20.9. The third-order valence-corrected chi connectivity index (χ3v) is 1.36. The summed E-state index contributed by atoms with van der Waals surface area (Å²) in [6.07, 6.45) is 4.87. The van der Waals surface area contributed by atoms with Crippen molar-refractivity contribution in [1.82, 2.24) is 0 Å². The molecular formula is C13H11CoO3. The van der Waals surface area contributed by atoms with E-state index in [4.69, 9.17) is 14.0 Å². The molecule has 4 heteroatoms. The van der Waals surface area contributed by atoms with Crippen molar-refractivity contribution in [2.24, 2.45) is 0 Å². The molecular weight excluding hydrogens is 263 g/mol. The molecule has 3 nitrogen and oxygen atoms in total. The van der Waals surface area contributed by atoms with Gasteiger partial charge in [0.1, 0.15) is 0 Å². The van der Waals surface area contributed by atoms with Crippen LogP contribution >= 0.6 is 0 Å². The van der Waals surface area contributed by atoms with Gasteiger partial charge in [-0.05, 0) is 31.7 Å². The second kappa shape index (κ2) is 29.4. The molecule has 0 saturated carbocycles. The molecule has 17 heavy (non-hydrogen) atoms. The molecule has 0 saturated heterocycles. The van der Waals surface area contributed by atoms with E-state index in [0.29, 0.717) is 0 Å². The quantitative estimate of drug-likeness (QED) is 0.600. The van der Waals surface area contributed by atoms with Crippen LogP contribution in [0.1, 0.15) is 5.56 Å². The smallest absolute Gasteiger partial charge is 0 e. The van der Waals surface area contributed by atoms with Crippen molar-refractivity contribution in [2.45, 2.75) is 6.42 Å². The van der Waals surface area contributed by atoms with Crippen LogP contribution < -0.4 is 0 Å². The van der Waals surface area contributed by atoms with Gasteiger partial charge in [-0.25, -0.2) is 0 Å². The monoisotopic (exact) mass is 274 g/mol. The van der Waals surface area contributed by atoms with Crippen LogP contribution in [0.4, 0.5) is 0 Å². The average Bonchev–Trinajstić information content (AvgIpc) is 2.44. The number of unbranched alkanes of at least 4 members (excludes halogenated alkanes) is 1. The molecule has 0 unspecified atom stereocenters. The summed E-state index contributed by atoms with van der Waals surface area (Å²) in [5, 5.41) is 0. The molecule has 90 valence electrons. The van der Waals surface area contributed by atoms with Crippen LogP contribution in [0.5, 0.6) is 0 Å². The van der Waals surface area contributed by atoms with Gasteiger partial charge in [-0.2, -0.15) is 0 Å². The van der Waals surface area contributed by atoms with Gasteiger partial charge in [-0.3, -0.25) is 0 Å². The van der Waals surface area contributed by atoms with Gasteiger partial charge in [0.05, 0.1) is 0 Å². The van der Waals surface area contributed by atoms with E-state index < -0.39 is 0 Å². The molecule has 1 aromatic carbocycles. The summed E-state index contributed by atoms with van der Waals surface area (Å²) in [5.74, 6) is 0. The van der Waals surface area contributed by atoms with Crippen molar-refractivity contribution < 1.29 is 30.7 Å². The average molecular weight is 274 g/mol. The van der Waals surface area contributed by atoms with Crippen molar-refractivity contribution in [2.75, 3.05) is 0 Å². The largest absolute Gasteiger partial charge is 0.0622 e. The van der Waals surface area contributed by atoms with Crippen molar-refractivity contribution in [3.8, 4) is 0 Å². The van der Waals surface area contributed by atoms with Gasteiger partial charge in [0.15, 0.2) is 0 Å². The van der Waals surface area contributed by atoms with E-state index in [1.165, 1.54) is 5.56 Å². The fraction of sp³-hybridized carbons (Fsp3) is 0.0769. The van der Waals surface area contributed by atoms with Gasteiger partial charge >= 0.3 is 33.9 Å². The summed E-state index contributed by atoms with van der Waals surface area (Å²) in [7, 11) is 0. The zero-order valence-corrected chi connectivity index (χ0v) is 10.1. The molecule has 0 aliphatic heterocycles. The minimum Gasteiger partial charge on any atom is -0.0622 e. The first-order valence-electron chi connectivity index (χ1n) is 4.03. The Morgan fingerprint density at radius 1 is 0.941 bits per heavy atom. The first kappa shape index (κ1) is 25.0. The predicted molar refractivity (Wildman–Crippen MR) is 55.9 cm³/mol. The maximum absolute atomic E-state index is 7.50. The number of benzene rings is 1. The topological polar surface area (TPSA) is 59.7 Å². The molecule has 0 aliphatic rings. The van der Waals surface area contributed by atoms with E-state index in [-0.39, 0.29) is 16.8 Å². The predicted octanol–water partition coefficient (Wildman–Crippen LogP) is 2.36. The van der Waals surface area contributed by atoms with Crippen LogP contribution in [-0.2, 0) is 37.2 Å². The van der Waals surface area contributed by atoms with Gasteiger partial charge in [-0.1, -0.05) is 30.3 Å². The summed E-state index contributed by atoms with van der Waals surface area (Å²) >= 11 is 0. The van der Waals surface area contributed by atoms with Crippen molar-refractivity contribution in [3.05, 3.63) is 75.6 Å². The molecule has 0 bridgehead atoms. The number of hydrogen-bond donors (Lipinski definition) is 0. The van der Waals surface area contributed by atoms with E-state index in [0.717, 1.165) is 6.42 Å². The Labute approximate surface area is 113 Å². The minimum absolute atomic E-state index is 0. The summed E-state index contributed by atoms with van der Waals surface area (Å²) in [4.78, 5) is 0. The maximum atomic E-state index is 7.50. The summed E-state index contributed by atoms with van der Waals surface area (Å²) in [6.45, 7) is 17.1. The Morgan fingerprint density at radius 3 is 1.71 bits per heavy atom. The molecule has 0 aromatic heterocycles. The molecule has 4 radical (unpaired) electrons. The number of hydrogen-bond acceptors (Lipinski definition) is 0. The molecule has 0 atom stereocenters.